The Morgan fingerprint density at radius 2 is 0.414 bits per heavy atom. The van der Waals surface area contributed by atoms with E-state index in [1.54, 1.807) is 0 Å². The maximum atomic E-state index is 2.43. The maximum absolute atomic E-state index is 2.43. The highest BCUT2D eigenvalue weighted by atomic mass is 15.2. The summed E-state index contributed by atoms with van der Waals surface area (Å²) in [5.41, 5.74) is 30.3. The third kappa shape index (κ3) is 14.5. The van der Waals surface area contributed by atoms with Gasteiger partial charge in [0.25, 0.3) is 0 Å². The predicted octanol–water partition coefficient (Wildman–Crippen LogP) is 33.7. The Kier molecular flexibility index (Phi) is 20.7. The first-order valence-corrected chi connectivity index (χ1v) is 43.8. The van der Waals surface area contributed by atoms with Gasteiger partial charge in [0.1, 0.15) is 0 Å². The van der Waals surface area contributed by atoms with Gasteiger partial charge in [0.15, 0.2) is 0 Å². The molecule has 3 aromatic heterocycles. The van der Waals surface area contributed by atoms with Crippen molar-refractivity contribution in [2.75, 3.05) is 14.7 Å². The number of rotatable bonds is 16. The van der Waals surface area contributed by atoms with Crippen molar-refractivity contribution < 1.29 is 0 Å². The minimum Gasteiger partial charge on any atom is -0.310 e. The average molecular weight is 1640 g/mol. The normalized spacial score (nSPS) is 11.3. The fraction of sp³-hybridized carbons (Fsp3) is 0. The minimum absolute atomic E-state index is 1.11. The van der Waals surface area contributed by atoms with E-state index in [1.165, 1.54) is 131 Å². The fourth-order valence-corrected chi connectivity index (χ4v) is 18.9. The zero-order valence-electron chi connectivity index (χ0n) is 70.3. The number of benzene rings is 21. The molecule has 24 rings (SSSR count). The summed E-state index contributed by atoms with van der Waals surface area (Å²) in [7, 11) is 0. The highest BCUT2D eigenvalue weighted by molar-refractivity contribution is 6.17. The molecule has 0 aliphatic heterocycles. The van der Waals surface area contributed by atoms with Crippen LogP contribution in [-0.2, 0) is 0 Å². The van der Waals surface area contributed by atoms with E-state index >= 15 is 0 Å². The zero-order valence-corrected chi connectivity index (χ0v) is 70.3. The van der Waals surface area contributed by atoms with Crippen LogP contribution < -0.4 is 14.7 Å². The lowest BCUT2D eigenvalue weighted by Gasteiger charge is -2.30. The summed E-state index contributed by atoms with van der Waals surface area (Å²) in [6.45, 7) is 0. The lowest BCUT2D eigenvalue weighted by atomic mass is 9.97. The van der Waals surface area contributed by atoms with Crippen molar-refractivity contribution >= 4 is 138 Å². The van der Waals surface area contributed by atoms with E-state index < -0.39 is 0 Å². The van der Waals surface area contributed by atoms with E-state index in [2.05, 4.69) is 550 Å². The Hall–Kier alpha value is -17.1. The maximum Gasteiger partial charge on any atom is 0.0548 e. The van der Waals surface area contributed by atoms with E-state index in [1.807, 2.05) is 0 Å². The van der Waals surface area contributed by atoms with Gasteiger partial charge in [-0.2, -0.15) is 0 Å². The van der Waals surface area contributed by atoms with Gasteiger partial charge < -0.3 is 28.4 Å². The summed E-state index contributed by atoms with van der Waals surface area (Å²) in [6, 6.07) is 187. The molecule has 6 heteroatoms. The molecule has 0 saturated heterocycles. The molecule has 24 aromatic rings. The Labute approximate surface area is 744 Å². The van der Waals surface area contributed by atoms with Crippen LogP contribution in [0.1, 0.15) is 0 Å². The van der Waals surface area contributed by atoms with Crippen LogP contribution in [0.25, 0.3) is 149 Å². The summed E-state index contributed by atoms with van der Waals surface area (Å²) >= 11 is 0. The monoisotopic (exact) mass is 1630 g/mol. The molecule has 0 saturated carbocycles. The van der Waals surface area contributed by atoms with Crippen molar-refractivity contribution in [2.45, 2.75) is 0 Å². The Morgan fingerprint density at radius 1 is 0.133 bits per heavy atom. The lowest BCUT2D eigenvalue weighted by Crippen LogP contribution is -2.12. The van der Waals surface area contributed by atoms with Gasteiger partial charge in [-0.05, 0) is 190 Å². The minimum atomic E-state index is 1.11. The van der Waals surface area contributed by atoms with Gasteiger partial charge in [-0.15, -0.1) is 0 Å². The zero-order chi connectivity index (χ0) is 85.1. The molecule has 0 amide bonds. The van der Waals surface area contributed by atoms with Crippen LogP contribution in [-0.4, -0.2) is 13.7 Å². The molecule has 0 unspecified atom stereocenters. The highest BCUT2D eigenvalue weighted by Crippen LogP contribution is 2.52. The van der Waals surface area contributed by atoms with Crippen LogP contribution in [0.3, 0.4) is 0 Å². The molecular formula is C122H86N6. The summed E-state index contributed by atoms with van der Waals surface area (Å²) in [5.74, 6) is 0. The molecular weight excluding hydrogens is 1550 g/mol. The first-order chi connectivity index (χ1) is 63.6. The molecule has 21 aromatic carbocycles. The SMILES string of the molecule is c1ccc(-c2cc3c(cc2N(c2ccccc2)c2ccc4ccccc4c2)c2ccccc2n3-c2ccccc2)cc1.c1ccc(-c2cc3c(cc2N(c2ccccc2)c2cccc4ccccc24)c2ccccc2n3-c2ccccc2)cc1.c1ccc(-c2ccccc2N(c2ccccc2)c2cc3c4ccccc4n(-c4ccccc4)c3cc2-c2ccccc2)cc1. The number of hydrogen-bond acceptors (Lipinski definition) is 3. The van der Waals surface area contributed by atoms with Crippen molar-refractivity contribution in [3.05, 3.63) is 522 Å². The van der Waals surface area contributed by atoms with Crippen LogP contribution in [0, 0.1) is 0 Å². The van der Waals surface area contributed by atoms with Crippen molar-refractivity contribution in [3.8, 4) is 61.6 Å². The lowest BCUT2D eigenvalue weighted by molar-refractivity contribution is 1.18. The van der Waals surface area contributed by atoms with E-state index in [-0.39, 0.29) is 0 Å². The third-order valence-corrected chi connectivity index (χ3v) is 24.7. The molecule has 604 valence electrons. The molecule has 0 aliphatic rings. The summed E-state index contributed by atoms with van der Waals surface area (Å²) in [5, 5.41) is 12.3. The number of para-hydroxylation sites is 10. The van der Waals surface area contributed by atoms with Gasteiger partial charge >= 0.3 is 0 Å². The predicted molar refractivity (Wildman–Crippen MR) is 543 cm³/mol. The molecule has 6 nitrogen and oxygen atoms in total. The van der Waals surface area contributed by atoms with Crippen molar-refractivity contribution in [1.82, 2.24) is 13.7 Å². The van der Waals surface area contributed by atoms with E-state index in [4.69, 9.17) is 0 Å². The van der Waals surface area contributed by atoms with Crippen LogP contribution in [0.15, 0.2) is 522 Å². The van der Waals surface area contributed by atoms with Crippen LogP contribution >= 0.6 is 0 Å². The molecule has 0 spiro atoms. The quantitative estimate of drug-likeness (QED) is 0.0964. The van der Waals surface area contributed by atoms with E-state index in [0.29, 0.717) is 0 Å². The molecule has 0 aliphatic carbocycles. The first kappa shape index (κ1) is 77.0. The average Bonchev–Trinajstić information content (AvgIpc) is 1.55. The van der Waals surface area contributed by atoms with E-state index in [9.17, 15) is 0 Å². The van der Waals surface area contributed by atoms with Gasteiger partial charge in [-0.1, -0.05) is 370 Å². The topological polar surface area (TPSA) is 24.5 Å². The largest absolute Gasteiger partial charge is 0.310 e. The van der Waals surface area contributed by atoms with Gasteiger partial charge in [0.2, 0.25) is 0 Å². The van der Waals surface area contributed by atoms with Crippen LogP contribution in [0.2, 0.25) is 0 Å². The summed E-state index contributed by atoms with van der Waals surface area (Å²) in [4.78, 5) is 7.26. The van der Waals surface area contributed by atoms with Gasteiger partial charge in [0.05, 0.1) is 61.5 Å². The number of anilines is 9. The third-order valence-electron chi connectivity index (χ3n) is 24.7. The molecule has 128 heavy (non-hydrogen) atoms. The fourth-order valence-electron chi connectivity index (χ4n) is 18.9. The second-order valence-corrected chi connectivity index (χ2v) is 32.2. The van der Waals surface area contributed by atoms with Crippen LogP contribution in [0.5, 0.6) is 0 Å². The smallest absolute Gasteiger partial charge is 0.0548 e. The molecule has 0 N–H and O–H groups in total. The first-order valence-electron chi connectivity index (χ1n) is 43.8. The molecule has 0 radical (unpaired) electrons. The van der Waals surface area contributed by atoms with E-state index in [0.717, 1.165) is 68.2 Å². The second kappa shape index (κ2) is 34.3. The van der Waals surface area contributed by atoms with Crippen molar-refractivity contribution in [1.29, 1.82) is 0 Å². The molecule has 3 heterocycles. The van der Waals surface area contributed by atoms with Crippen molar-refractivity contribution in [2.24, 2.45) is 0 Å². The van der Waals surface area contributed by atoms with Crippen LogP contribution in [0.4, 0.5) is 51.2 Å². The van der Waals surface area contributed by atoms with Crippen molar-refractivity contribution in [3.63, 3.8) is 0 Å². The Balaban J connectivity index is 0.000000113. The highest BCUT2D eigenvalue weighted by Gasteiger charge is 2.28. The standard InChI is InChI=1S/C42H30N2.2C40H28N2/c1-5-17-31(18-6-1)35-25-13-15-27-39(35)43(33-21-9-3-10-22-33)41-30-38-36-26-14-16-28-40(36)44(34-23-11-4-12-24-34)42(38)29-37(41)32-19-7-2-8-20-32;1-4-15-30(16-5-1)35-27-40-36(34-24-12-13-25-38(34)42(40)32-21-8-3-9-22-32)28-39(35)41(31-19-6-2-7-20-31)37-26-14-18-29-17-10-11-23-33(29)37;1-4-15-30(16-5-1)36-27-40-37(35-22-12-13-23-38(35)42(40)33-20-8-3-9-21-33)28-39(36)41(32-18-6-2-7-19-32)34-25-24-29-14-10-11-17-31(29)26-34/h1-30H;2*1-28H. The number of aromatic nitrogens is 3. The summed E-state index contributed by atoms with van der Waals surface area (Å²) in [6.07, 6.45) is 0. The van der Waals surface area contributed by atoms with Gasteiger partial charge in [0, 0.05) is 99.8 Å². The summed E-state index contributed by atoms with van der Waals surface area (Å²) < 4.78 is 7.18. The van der Waals surface area contributed by atoms with Gasteiger partial charge in [-0.25, -0.2) is 0 Å². The Bertz CT molecular complexity index is 8070. The number of fused-ring (bicyclic) bond motifs is 11. The number of nitrogens with zero attached hydrogens (tertiary/aromatic N) is 6. The second-order valence-electron chi connectivity index (χ2n) is 32.2. The molecule has 0 atom stereocenters. The molecule has 0 bridgehead atoms. The number of hydrogen-bond donors (Lipinski definition) is 0. The van der Waals surface area contributed by atoms with Gasteiger partial charge in [-0.3, -0.25) is 0 Å². The Morgan fingerprint density at radius 3 is 0.820 bits per heavy atom. The molecule has 0 fully saturated rings.